The molecule has 2 atom stereocenters. The molecule has 9 nitrogen and oxygen atoms in total. The van der Waals surface area contributed by atoms with E-state index in [2.05, 4.69) is 20.6 Å². The van der Waals surface area contributed by atoms with Crippen molar-refractivity contribution in [1.29, 1.82) is 0 Å². The molecule has 1 saturated carbocycles. The quantitative estimate of drug-likeness (QED) is 0.251. The summed E-state index contributed by atoms with van der Waals surface area (Å²) in [6, 6.07) is 8.32. The van der Waals surface area contributed by atoms with Crippen LogP contribution in [0.25, 0.3) is 22.2 Å². The molecule has 230 valence electrons. The number of anilines is 2. The van der Waals surface area contributed by atoms with Gasteiger partial charge in [-0.1, -0.05) is 31.4 Å². The van der Waals surface area contributed by atoms with Crippen molar-refractivity contribution < 1.29 is 22.8 Å². The molecule has 4 heterocycles. The van der Waals surface area contributed by atoms with Gasteiger partial charge in [-0.2, -0.15) is 18.3 Å². The Hall–Kier alpha value is -4.48. The van der Waals surface area contributed by atoms with Crippen LogP contribution in [0, 0.1) is 5.92 Å². The van der Waals surface area contributed by atoms with Crippen molar-refractivity contribution in [2.24, 2.45) is 5.92 Å². The molecule has 0 unspecified atom stereocenters. The Morgan fingerprint density at radius 1 is 1.02 bits per heavy atom. The summed E-state index contributed by atoms with van der Waals surface area (Å²) in [5.74, 6) is -0.398. The van der Waals surface area contributed by atoms with E-state index < -0.39 is 17.6 Å². The highest BCUT2D eigenvalue weighted by Gasteiger charge is 2.32. The monoisotopic (exact) mass is 605 g/mol. The number of nitrogens with two attached hydrogens (primary N) is 1. The molecule has 3 aromatic heterocycles. The van der Waals surface area contributed by atoms with Gasteiger partial charge in [-0.25, -0.2) is 9.97 Å². The Balaban J connectivity index is 1.34. The lowest BCUT2D eigenvalue weighted by atomic mass is 9.85. The number of halogens is 3. The highest BCUT2D eigenvalue weighted by molar-refractivity contribution is 6.05. The summed E-state index contributed by atoms with van der Waals surface area (Å²) in [5, 5.41) is 11.4. The molecule has 2 aliphatic rings. The minimum atomic E-state index is -4.55. The Morgan fingerprint density at radius 3 is 2.61 bits per heavy atom. The third kappa shape index (κ3) is 6.11. The second kappa shape index (κ2) is 12.3. The fraction of sp³-hybridized carbons (Fsp3) is 0.406. The average molecular weight is 606 g/mol. The molecule has 0 radical (unpaired) electrons. The lowest BCUT2D eigenvalue weighted by molar-refractivity contribution is -0.137. The number of aryl methyl sites for hydroxylation is 1. The van der Waals surface area contributed by atoms with Crippen LogP contribution in [-0.4, -0.2) is 38.1 Å². The first-order chi connectivity index (χ1) is 21.2. The Bertz CT molecular complexity index is 1680. The van der Waals surface area contributed by atoms with Crippen molar-refractivity contribution in [3.05, 3.63) is 65.5 Å². The highest BCUT2D eigenvalue weighted by atomic mass is 19.4. The molecule has 6 rings (SSSR count). The average Bonchev–Trinajstić information content (AvgIpc) is 3.43. The Labute approximate surface area is 252 Å². The number of hydrogen-bond acceptors (Lipinski definition) is 6. The summed E-state index contributed by atoms with van der Waals surface area (Å²) in [6.45, 7) is 0.704. The smallest absolute Gasteiger partial charge is 0.383 e. The van der Waals surface area contributed by atoms with Gasteiger partial charge >= 0.3 is 6.18 Å². The van der Waals surface area contributed by atoms with E-state index in [-0.39, 0.29) is 29.2 Å². The van der Waals surface area contributed by atoms with Crippen molar-refractivity contribution >= 4 is 34.4 Å². The van der Waals surface area contributed by atoms with Crippen LogP contribution in [0.1, 0.15) is 78.9 Å². The van der Waals surface area contributed by atoms with Gasteiger partial charge in [-0.15, -0.1) is 0 Å². The summed E-state index contributed by atoms with van der Waals surface area (Å²) in [5.41, 5.74) is 9.20. The number of amides is 2. The third-order valence-electron chi connectivity index (χ3n) is 8.61. The molecule has 2 bridgehead atoms. The zero-order valence-electron chi connectivity index (χ0n) is 24.2. The van der Waals surface area contributed by atoms with Gasteiger partial charge < -0.3 is 16.4 Å². The SMILES string of the molecule is Nc1ncc2c3c1c(-c1ccc(C(=O)Nc4cc(C(F)(F)F)ccn4)cc1)nn3[C@@H]1CCC[C@H](C1)C(=O)NCCCCCC2. The highest BCUT2D eigenvalue weighted by Crippen LogP contribution is 2.40. The first kappa shape index (κ1) is 29.6. The van der Waals surface area contributed by atoms with Crippen LogP contribution in [0.2, 0.25) is 0 Å². The van der Waals surface area contributed by atoms with Crippen LogP contribution in [-0.2, 0) is 17.4 Å². The maximum Gasteiger partial charge on any atom is 0.416 e. The number of carbonyl (C=O) groups excluding carboxylic acids is 2. The predicted octanol–water partition coefficient (Wildman–Crippen LogP) is 6.31. The summed E-state index contributed by atoms with van der Waals surface area (Å²) in [4.78, 5) is 34.2. The zero-order chi connectivity index (χ0) is 30.8. The summed E-state index contributed by atoms with van der Waals surface area (Å²) in [7, 11) is 0. The zero-order valence-corrected chi connectivity index (χ0v) is 24.2. The molecule has 1 aliphatic heterocycles. The van der Waals surface area contributed by atoms with Gasteiger partial charge in [0.1, 0.15) is 17.3 Å². The van der Waals surface area contributed by atoms with Crippen molar-refractivity contribution in [3.8, 4) is 11.3 Å². The normalized spacial score (nSPS) is 19.7. The van der Waals surface area contributed by atoms with Crippen molar-refractivity contribution in [1.82, 2.24) is 25.1 Å². The molecule has 0 spiro atoms. The Kier molecular flexibility index (Phi) is 8.24. The molecule has 1 aliphatic carbocycles. The number of aromatic nitrogens is 4. The molecule has 1 aromatic carbocycles. The number of rotatable bonds is 3. The van der Waals surface area contributed by atoms with Crippen LogP contribution < -0.4 is 16.4 Å². The number of nitrogen functional groups attached to an aromatic ring is 1. The van der Waals surface area contributed by atoms with E-state index in [0.29, 0.717) is 24.5 Å². The molecular formula is C32H34F3N7O2. The van der Waals surface area contributed by atoms with Crippen LogP contribution >= 0.6 is 0 Å². The third-order valence-corrected chi connectivity index (χ3v) is 8.61. The molecule has 0 saturated heterocycles. The van der Waals surface area contributed by atoms with Gasteiger partial charge in [0.05, 0.1) is 22.5 Å². The van der Waals surface area contributed by atoms with Gasteiger partial charge in [-0.05, 0) is 68.4 Å². The Morgan fingerprint density at radius 2 is 1.82 bits per heavy atom. The number of nitrogens with one attached hydrogen (secondary N) is 2. The van der Waals surface area contributed by atoms with Gasteiger partial charge in [0.15, 0.2) is 0 Å². The summed E-state index contributed by atoms with van der Waals surface area (Å²) in [6.07, 6.45) is 6.49. The van der Waals surface area contributed by atoms with Gasteiger partial charge in [0, 0.05) is 36.0 Å². The lowest BCUT2D eigenvalue weighted by Gasteiger charge is -2.29. The topological polar surface area (TPSA) is 128 Å². The molecular weight excluding hydrogens is 571 g/mol. The fourth-order valence-electron chi connectivity index (χ4n) is 6.32. The van der Waals surface area contributed by atoms with E-state index in [4.69, 9.17) is 10.8 Å². The number of benzene rings is 1. The maximum absolute atomic E-state index is 13.1. The van der Waals surface area contributed by atoms with E-state index in [1.165, 1.54) is 0 Å². The molecule has 4 N–H and O–H groups in total. The van der Waals surface area contributed by atoms with Crippen LogP contribution in [0.15, 0.2) is 48.8 Å². The number of carbonyl (C=O) groups is 2. The van der Waals surface area contributed by atoms with E-state index in [1.54, 1.807) is 24.3 Å². The molecule has 4 aromatic rings. The molecule has 2 amide bonds. The number of alkyl halides is 3. The standard InChI is InChI=1S/C32H34F3N7O2/c33-32(34,35)23-13-15-37-25(17-23)40-31(44)20-11-9-19(10-12-20)27-26-28-22(18-39-29(26)36)6-3-1-2-4-14-38-30(43)21-7-5-8-24(16-21)42(28)41-27/h9-13,15,17-18,21,24H,1-8,14,16H2,(H2,36,39)(H,38,43)(H,37,40,44)/t21-,24-/m1/s1. The minimum Gasteiger partial charge on any atom is -0.383 e. The summed E-state index contributed by atoms with van der Waals surface area (Å²) >= 11 is 0. The molecule has 12 heteroatoms. The van der Waals surface area contributed by atoms with Gasteiger partial charge in [0.25, 0.3) is 5.91 Å². The van der Waals surface area contributed by atoms with Crippen molar-refractivity contribution in [3.63, 3.8) is 0 Å². The van der Waals surface area contributed by atoms with Crippen LogP contribution in [0.5, 0.6) is 0 Å². The number of fused-ring (bicyclic) bond motifs is 3. The molecule has 1 fully saturated rings. The van der Waals surface area contributed by atoms with Gasteiger partial charge in [0.2, 0.25) is 5.91 Å². The summed E-state index contributed by atoms with van der Waals surface area (Å²) < 4.78 is 41.3. The van der Waals surface area contributed by atoms with E-state index in [1.807, 2.05) is 10.9 Å². The lowest BCUT2D eigenvalue weighted by Crippen LogP contribution is -2.35. The largest absolute Gasteiger partial charge is 0.416 e. The number of hydrogen-bond donors (Lipinski definition) is 3. The van der Waals surface area contributed by atoms with Crippen molar-refractivity contribution in [2.45, 2.75) is 70.0 Å². The van der Waals surface area contributed by atoms with E-state index >= 15 is 0 Å². The second-order valence-electron chi connectivity index (χ2n) is 11.6. The fourth-order valence-corrected chi connectivity index (χ4v) is 6.32. The number of nitrogens with zero attached hydrogens (tertiary/aromatic N) is 4. The molecule has 44 heavy (non-hydrogen) atoms. The van der Waals surface area contributed by atoms with Gasteiger partial charge in [-0.3, -0.25) is 14.3 Å². The van der Waals surface area contributed by atoms with Crippen molar-refractivity contribution in [2.75, 3.05) is 17.6 Å². The second-order valence-corrected chi connectivity index (χ2v) is 11.6. The van der Waals surface area contributed by atoms with E-state index in [9.17, 15) is 22.8 Å². The first-order valence-corrected chi connectivity index (χ1v) is 15.1. The number of pyridine rings is 2. The first-order valence-electron chi connectivity index (χ1n) is 15.1. The minimum absolute atomic E-state index is 0.0178. The van der Waals surface area contributed by atoms with E-state index in [0.717, 1.165) is 91.7 Å². The van der Waals surface area contributed by atoms with Crippen LogP contribution in [0.4, 0.5) is 24.8 Å². The maximum atomic E-state index is 13.1. The van der Waals surface area contributed by atoms with Crippen LogP contribution in [0.3, 0.4) is 0 Å². The predicted molar refractivity (Wildman–Crippen MR) is 161 cm³/mol.